The molecule has 0 aliphatic rings. The number of para-hydroxylation sites is 2. The molecule has 1 aromatic heterocycles. The second-order valence-electron chi connectivity index (χ2n) is 9.91. The minimum Gasteiger partial charge on any atom is -0.392 e. The third-order valence-corrected chi connectivity index (χ3v) is 10.4. The van der Waals surface area contributed by atoms with Crippen molar-refractivity contribution in [3.8, 4) is 0 Å². The largest absolute Gasteiger partial charge is 0.392 e. The Hall–Kier alpha value is -3.21. The van der Waals surface area contributed by atoms with Crippen LogP contribution in [0.25, 0.3) is 21.8 Å². The number of aromatic nitrogens is 1. The molecule has 0 saturated carbocycles. The van der Waals surface area contributed by atoms with Crippen molar-refractivity contribution in [3.63, 3.8) is 0 Å². The lowest BCUT2D eigenvalue weighted by molar-refractivity contribution is 0.282. The van der Waals surface area contributed by atoms with Crippen LogP contribution in [0.4, 0.5) is 17.1 Å². The molecule has 0 fully saturated rings. The van der Waals surface area contributed by atoms with Crippen LogP contribution in [0.1, 0.15) is 43.1 Å². The van der Waals surface area contributed by atoms with E-state index < -0.39 is 30.3 Å². The highest BCUT2D eigenvalue weighted by Gasteiger charge is 2.32. The Morgan fingerprint density at radius 1 is 0.872 bits per heavy atom. The van der Waals surface area contributed by atoms with E-state index in [4.69, 9.17) is 4.98 Å². The molecular weight excluding hydrogens is 534 g/mol. The second-order valence-corrected chi connectivity index (χ2v) is 14.3. The Labute approximate surface area is 230 Å². The van der Waals surface area contributed by atoms with Crippen LogP contribution in [-0.4, -0.2) is 51.9 Å². The average Bonchev–Trinajstić information content (AvgIpc) is 2.88. The molecule has 8 nitrogen and oxygen atoms in total. The van der Waals surface area contributed by atoms with Crippen LogP contribution in [0.3, 0.4) is 0 Å². The van der Waals surface area contributed by atoms with E-state index in [2.05, 4.69) is 5.32 Å². The zero-order valence-corrected chi connectivity index (χ0v) is 24.5. The molecule has 0 bridgehead atoms. The SMILES string of the molecule is CCC(c1c(Nc2c3ccccc3nc3ccccc23)cc(CO)cc1N(C)C(CC)S(C)(=O)=O)S(C)(=O)=O. The Morgan fingerprint density at radius 2 is 1.44 bits per heavy atom. The van der Waals surface area contributed by atoms with Gasteiger partial charge in [-0.05, 0) is 42.7 Å². The predicted molar refractivity (Wildman–Crippen MR) is 160 cm³/mol. The minimum absolute atomic E-state index is 0.278. The molecule has 2 N–H and O–H groups in total. The molecule has 4 aromatic rings. The molecule has 4 rings (SSSR count). The molecule has 2 atom stereocenters. The lowest BCUT2D eigenvalue weighted by atomic mass is 9.99. The molecule has 0 radical (unpaired) electrons. The summed E-state index contributed by atoms with van der Waals surface area (Å²) in [5.74, 6) is 0. The van der Waals surface area contributed by atoms with Gasteiger partial charge in [0.15, 0.2) is 19.7 Å². The van der Waals surface area contributed by atoms with Gasteiger partial charge in [0.25, 0.3) is 0 Å². The van der Waals surface area contributed by atoms with Gasteiger partial charge in [-0.25, -0.2) is 21.8 Å². The highest BCUT2D eigenvalue weighted by molar-refractivity contribution is 7.91. The Bertz CT molecular complexity index is 1680. The van der Waals surface area contributed by atoms with Crippen LogP contribution in [-0.2, 0) is 26.3 Å². The molecule has 0 amide bonds. The summed E-state index contributed by atoms with van der Waals surface area (Å²) < 4.78 is 51.7. The van der Waals surface area contributed by atoms with Crippen molar-refractivity contribution in [2.45, 2.75) is 43.9 Å². The number of benzene rings is 3. The number of hydrogen-bond acceptors (Lipinski definition) is 8. The average molecular weight is 570 g/mol. The maximum atomic E-state index is 13.1. The van der Waals surface area contributed by atoms with Crippen molar-refractivity contribution >= 4 is 58.5 Å². The van der Waals surface area contributed by atoms with Gasteiger partial charge < -0.3 is 15.3 Å². The topological polar surface area (TPSA) is 117 Å². The number of nitrogens with one attached hydrogen (secondary N) is 1. The highest BCUT2D eigenvalue weighted by Crippen LogP contribution is 2.43. The molecule has 10 heteroatoms. The summed E-state index contributed by atoms with van der Waals surface area (Å²) in [4.78, 5) is 6.40. The van der Waals surface area contributed by atoms with Gasteiger partial charge >= 0.3 is 0 Å². The van der Waals surface area contributed by atoms with Crippen LogP contribution in [0.15, 0.2) is 60.7 Å². The smallest absolute Gasteiger partial charge is 0.168 e. The van der Waals surface area contributed by atoms with Gasteiger partial charge in [-0.2, -0.15) is 0 Å². The van der Waals surface area contributed by atoms with Crippen molar-refractivity contribution in [1.29, 1.82) is 0 Å². The van der Waals surface area contributed by atoms with Crippen molar-refractivity contribution < 1.29 is 21.9 Å². The van der Waals surface area contributed by atoms with E-state index in [-0.39, 0.29) is 13.0 Å². The van der Waals surface area contributed by atoms with Gasteiger partial charge in [-0.3, -0.25) is 0 Å². The van der Waals surface area contributed by atoms with Gasteiger partial charge in [0.05, 0.1) is 28.6 Å². The van der Waals surface area contributed by atoms with Gasteiger partial charge in [0.2, 0.25) is 0 Å². The van der Waals surface area contributed by atoms with E-state index in [0.717, 1.165) is 27.5 Å². The number of anilines is 3. The second kappa shape index (κ2) is 11.1. The molecule has 1 heterocycles. The summed E-state index contributed by atoms with van der Waals surface area (Å²) in [6, 6.07) is 18.8. The molecule has 2 unspecified atom stereocenters. The molecule has 208 valence electrons. The zero-order valence-electron chi connectivity index (χ0n) is 22.8. The summed E-state index contributed by atoms with van der Waals surface area (Å²) in [5, 5.41) is 13.6. The minimum atomic E-state index is -3.60. The Morgan fingerprint density at radius 3 is 1.90 bits per heavy atom. The molecule has 3 aromatic carbocycles. The summed E-state index contributed by atoms with van der Waals surface area (Å²) >= 11 is 0. The summed E-state index contributed by atoms with van der Waals surface area (Å²) in [6.07, 6.45) is 2.95. The van der Waals surface area contributed by atoms with E-state index in [1.165, 1.54) is 12.5 Å². The molecule has 0 spiro atoms. The first-order chi connectivity index (χ1) is 18.4. The number of sulfone groups is 2. The predicted octanol–water partition coefficient (Wildman–Crippen LogP) is 5.34. The van der Waals surface area contributed by atoms with Crippen LogP contribution in [0.5, 0.6) is 0 Å². The summed E-state index contributed by atoms with van der Waals surface area (Å²) in [5.41, 5.74) is 4.22. The first kappa shape index (κ1) is 28.8. The summed E-state index contributed by atoms with van der Waals surface area (Å²) in [7, 11) is -5.45. The van der Waals surface area contributed by atoms with E-state index in [9.17, 15) is 21.9 Å². The fraction of sp³-hybridized carbons (Fsp3) is 0.345. The molecule has 0 saturated heterocycles. The van der Waals surface area contributed by atoms with E-state index in [1.54, 1.807) is 37.9 Å². The standard InChI is InChI=1S/C29H35N3O5S2/c1-6-26(38(4,34)35)28-24(16-19(18-33)17-25(28)32(3)27(7-2)39(5,36)37)31-29-20-12-8-10-14-22(20)30-23-15-11-9-13-21(23)29/h8-17,26-27,33H,6-7,18H2,1-5H3,(H,30,31). The van der Waals surface area contributed by atoms with Crippen molar-refractivity contribution in [2.75, 3.05) is 29.8 Å². The molecule has 0 aliphatic carbocycles. The van der Waals surface area contributed by atoms with Crippen molar-refractivity contribution in [1.82, 2.24) is 4.98 Å². The van der Waals surface area contributed by atoms with Crippen molar-refractivity contribution in [2.24, 2.45) is 0 Å². The first-order valence-corrected chi connectivity index (χ1v) is 16.7. The highest BCUT2D eigenvalue weighted by atomic mass is 32.2. The van der Waals surface area contributed by atoms with Crippen LogP contribution in [0.2, 0.25) is 0 Å². The summed E-state index contributed by atoms with van der Waals surface area (Å²) in [6.45, 7) is 3.27. The van der Waals surface area contributed by atoms with Gasteiger partial charge in [-0.1, -0.05) is 50.2 Å². The maximum Gasteiger partial charge on any atom is 0.168 e. The third-order valence-electron chi connectivity index (χ3n) is 7.11. The number of rotatable bonds is 10. The molecular formula is C29H35N3O5S2. The quantitative estimate of drug-likeness (QED) is 0.246. The van der Waals surface area contributed by atoms with Crippen LogP contribution >= 0.6 is 0 Å². The monoisotopic (exact) mass is 569 g/mol. The number of aliphatic hydroxyl groups is 1. The van der Waals surface area contributed by atoms with Gasteiger partial charge in [0.1, 0.15) is 5.37 Å². The van der Waals surface area contributed by atoms with E-state index >= 15 is 0 Å². The van der Waals surface area contributed by atoms with Crippen LogP contribution < -0.4 is 10.2 Å². The fourth-order valence-electron chi connectivity index (χ4n) is 5.37. The Balaban J connectivity index is 2.09. The number of fused-ring (bicyclic) bond motifs is 2. The van der Waals surface area contributed by atoms with Crippen molar-refractivity contribution in [3.05, 3.63) is 71.8 Å². The number of nitrogens with zero attached hydrogens (tertiary/aromatic N) is 2. The zero-order chi connectivity index (χ0) is 28.5. The van der Waals surface area contributed by atoms with Gasteiger partial charge in [0, 0.05) is 47.3 Å². The van der Waals surface area contributed by atoms with Crippen LogP contribution in [0, 0.1) is 0 Å². The lowest BCUT2D eigenvalue weighted by Crippen LogP contribution is -2.38. The maximum absolute atomic E-state index is 13.1. The normalized spacial score (nSPS) is 13.9. The number of aliphatic hydroxyl groups excluding tert-OH is 1. The first-order valence-electron chi connectivity index (χ1n) is 12.8. The molecule has 39 heavy (non-hydrogen) atoms. The Kier molecular flexibility index (Phi) is 8.20. The third kappa shape index (κ3) is 5.73. The molecule has 0 aliphatic heterocycles. The number of hydrogen-bond donors (Lipinski definition) is 2. The van der Waals surface area contributed by atoms with Gasteiger partial charge in [-0.15, -0.1) is 0 Å². The van der Waals surface area contributed by atoms with E-state index in [0.29, 0.717) is 28.9 Å². The van der Waals surface area contributed by atoms with E-state index in [1.807, 2.05) is 48.5 Å². The lowest BCUT2D eigenvalue weighted by Gasteiger charge is -2.33. The fourth-order valence-corrected chi connectivity index (χ4v) is 7.95. The number of pyridine rings is 1.